The van der Waals surface area contributed by atoms with Gasteiger partial charge in [0, 0.05) is 26.2 Å². The zero-order valence-electron chi connectivity index (χ0n) is 10.3. The largest absolute Gasteiger partial charge is 0.333 e. The van der Waals surface area contributed by atoms with Crippen LogP contribution in [0.1, 0.15) is 26.2 Å². The van der Waals surface area contributed by atoms with Crippen LogP contribution in [0.2, 0.25) is 0 Å². The zero-order valence-corrected chi connectivity index (χ0v) is 11.2. The van der Waals surface area contributed by atoms with Crippen molar-refractivity contribution in [2.75, 3.05) is 31.9 Å². The minimum absolute atomic E-state index is 0.174. The predicted molar refractivity (Wildman–Crippen MR) is 69.0 cm³/mol. The van der Waals surface area contributed by atoms with Gasteiger partial charge in [-0.05, 0) is 30.9 Å². The van der Waals surface area contributed by atoms with Crippen LogP contribution in [0.3, 0.4) is 0 Å². The third-order valence-electron chi connectivity index (χ3n) is 4.05. The summed E-state index contributed by atoms with van der Waals surface area (Å²) in [5, 5.41) is 0. The highest BCUT2D eigenvalue weighted by molar-refractivity contribution is 7.80. The van der Waals surface area contributed by atoms with Gasteiger partial charge in [0.15, 0.2) is 0 Å². The third-order valence-corrected chi connectivity index (χ3v) is 4.73. The molecule has 4 nitrogen and oxygen atoms in total. The number of hydrogen-bond acceptors (Lipinski definition) is 3. The van der Waals surface area contributed by atoms with Crippen LogP contribution in [0.25, 0.3) is 0 Å². The van der Waals surface area contributed by atoms with E-state index in [2.05, 4.69) is 12.6 Å². The molecule has 0 aromatic carbocycles. The Hall–Kier alpha value is -0.710. The second-order valence-corrected chi connectivity index (χ2v) is 5.44. The molecule has 0 radical (unpaired) electrons. The summed E-state index contributed by atoms with van der Waals surface area (Å²) < 4.78 is 0. The first kappa shape index (κ1) is 12.7. The Morgan fingerprint density at radius 1 is 1.18 bits per heavy atom. The standard InChI is InChI=1S/C12H20N2O2S/c1-2-13-6-7-14(11(16)10(13)15)8-12(9-17)4-3-5-12/h17H,2-9H2,1H3. The second kappa shape index (κ2) is 4.88. The molecule has 2 fully saturated rings. The van der Waals surface area contributed by atoms with Crippen LogP contribution in [0.15, 0.2) is 0 Å². The number of thiol groups is 1. The Labute approximate surface area is 108 Å². The minimum Gasteiger partial charge on any atom is -0.333 e. The van der Waals surface area contributed by atoms with E-state index in [4.69, 9.17) is 0 Å². The lowest BCUT2D eigenvalue weighted by Crippen LogP contribution is -2.57. The average Bonchev–Trinajstić information content (AvgIpc) is 2.29. The quantitative estimate of drug-likeness (QED) is 0.596. The highest BCUT2D eigenvalue weighted by Gasteiger charge is 2.41. The maximum atomic E-state index is 11.9. The maximum Gasteiger partial charge on any atom is 0.312 e. The fourth-order valence-corrected chi connectivity index (χ4v) is 3.03. The van der Waals surface area contributed by atoms with Gasteiger partial charge >= 0.3 is 11.8 Å². The average molecular weight is 256 g/mol. The first-order valence-electron chi connectivity index (χ1n) is 6.31. The molecule has 1 saturated heterocycles. The molecule has 2 aliphatic rings. The Kier molecular flexibility index (Phi) is 3.66. The summed E-state index contributed by atoms with van der Waals surface area (Å²) in [4.78, 5) is 27.0. The molecule has 0 spiro atoms. The van der Waals surface area contributed by atoms with Crippen molar-refractivity contribution in [3.8, 4) is 0 Å². The number of amides is 2. The Balaban J connectivity index is 1.99. The van der Waals surface area contributed by atoms with E-state index in [9.17, 15) is 9.59 Å². The molecule has 17 heavy (non-hydrogen) atoms. The van der Waals surface area contributed by atoms with E-state index in [0.717, 1.165) is 18.6 Å². The summed E-state index contributed by atoms with van der Waals surface area (Å²) in [6.45, 7) is 4.58. The number of piperazine rings is 1. The number of likely N-dealkylation sites (N-methyl/N-ethyl adjacent to an activating group) is 1. The van der Waals surface area contributed by atoms with E-state index in [1.54, 1.807) is 9.80 Å². The molecular weight excluding hydrogens is 236 g/mol. The minimum atomic E-state index is -0.340. The number of carbonyl (C=O) groups is 2. The fraction of sp³-hybridized carbons (Fsp3) is 0.833. The molecule has 2 amide bonds. The molecule has 0 aromatic heterocycles. The highest BCUT2D eigenvalue weighted by Crippen LogP contribution is 2.42. The SMILES string of the molecule is CCN1CCN(CC2(CS)CCC2)C(=O)C1=O. The van der Waals surface area contributed by atoms with Crippen molar-refractivity contribution >= 4 is 24.4 Å². The molecule has 0 atom stereocenters. The van der Waals surface area contributed by atoms with Gasteiger partial charge in [-0.2, -0.15) is 12.6 Å². The van der Waals surface area contributed by atoms with Crippen molar-refractivity contribution in [1.29, 1.82) is 0 Å². The highest BCUT2D eigenvalue weighted by atomic mass is 32.1. The van der Waals surface area contributed by atoms with E-state index in [0.29, 0.717) is 26.2 Å². The van der Waals surface area contributed by atoms with Gasteiger partial charge < -0.3 is 9.80 Å². The fourth-order valence-electron chi connectivity index (χ4n) is 2.62. The van der Waals surface area contributed by atoms with Crippen LogP contribution >= 0.6 is 12.6 Å². The van der Waals surface area contributed by atoms with Crippen LogP contribution in [0.5, 0.6) is 0 Å². The Morgan fingerprint density at radius 3 is 2.24 bits per heavy atom. The van der Waals surface area contributed by atoms with E-state index in [-0.39, 0.29) is 17.2 Å². The van der Waals surface area contributed by atoms with Crippen LogP contribution in [-0.4, -0.2) is 53.5 Å². The summed E-state index contributed by atoms with van der Waals surface area (Å²) in [5.74, 6) is 0.140. The van der Waals surface area contributed by atoms with Crippen LogP contribution in [0.4, 0.5) is 0 Å². The van der Waals surface area contributed by atoms with E-state index >= 15 is 0 Å². The molecule has 1 aliphatic heterocycles. The van der Waals surface area contributed by atoms with Gasteiger partial charge in [0.2, 0.25) is 0 Å². The van der Waals surface area contributed by atoms with Gasteiger partial charge in [-0.3, -0.25) is 9.59 Å². The monoisotopic (exact) mass is 256 g/mol. The second-order valence-electron chi connectivity index (χ2n) is 5.12. The molecule has 5 heteroatoms. The summed E-state index contributed by atoms with van der Waals surface area (Å²) in [6, 6.07) is 0. The van der Waals surface area contributed by atoms with Crippen molar-refractivity contribution in [3.63, 3.8) is 0 Å². The lowest BCUT2D eigenvalue weighted by molar-refractivity contribution is -0.157. The van der Waals surface area contributed by atoms with Crippen molar-refractivity contribution in [2.45, 2.75) is 26.2 Å². The van der Waals surface area contributed by atoms with Crippen molar-refractivity contribution in [2.24, 2.45) is 5.41 Å². The predicted octanol–water partition coefficient (Wildman–Crippen LogP) is 0.777. The smallest absolute Gasteiger partial charge is 0.312 e. The lowest BCUT2D eigenvalue weighted by atomic mass is 9.70. The number of carbonyl (C=O) groups excluding carboxylic acids is 2. The number of nitrogens with zero attached hydrogens (tertiary/aromatic N) is 2. The molecule has 0 bridgehead atoms. The Morgan fingerprint density at radius 2 is 1.76 bits per heavy atom. The maximum absolute atomic E-state index is 11.9. The van der Waals surface area contributed by atoms with Gasteiger partial charge in [0.25, 0.3) is 0 Å². The van der Waals surface area contributed by atoms with Crippen molar-refractivity contribution < 1.29 is 9.59 Å². The first-order valence-corrected chi connectivity index (χ1v) is 6.94. The molecular formula is C12H20N2O2S. The third kappa shape index (κ3) is 2.30. The van der Waals surface area contributed by atoms with Gasteiger partial charge in [0.1, 0.15) is 0 Å². The molecule has 2 rings (SSSR count). The van der Waals surface area contributed by atoms with Crippen LogP contribution in [-0.2, 0) is 9.59 Å². The number of hydrogen-bond donors (Lipinski definition) is 1. The first-order chi connectivity index (χ1) is 8.12. The normalized spacial score (nSPS) is 23.9. The van der Waals surface area contributed by atoms with Crippen LogP contribution < -0.4 is 0 Å². The lowest BCUT2D eigenvalue weighted by Gasteiger charge is -2.45. The van der Waals surface area contributed by atoms with Gasteiger partial charge in [-0.25, -0.2) is 0 Å². The summed E-state index contributed by atoms with van der Waals surface area (Å²) in [5.41, 5.74) is 0.174. The van der Waals surface area contributed by atoms with Crippen molar-refractivity contribution in [3.05, 3.63) is 0 Å². The summed E-state index contributed by atoms with van der Waals surface area (Å²) in [6.07, 6.45) is 3.48. The zero-order chi connectivity index (χ0) is 12.5. The topological polar surface area (TPSA) is 40.6 Å². The molecule has 0 unspecified atom stereocenters. The molecule has 1 heterocycles. The van der Waals surface area contributed by atoms with Gasteiger partial charge in [-0.15, -0.1) is 0 Å². The van der Waals surface area contributed by atoms with Gasteiger partial charge in [0.05, 0.1) is 0 Å². The van der Waals surface area contributed by atoms with E-state index in [1.165, 1.54) is 6.42 Å². The summed E-state index contributed by atoms with van der Waals surface area (Å²) in [7, 11) is 0. The summed E-state index contributed by atoms with van der Waals surface area (Å²) >= 11 is 4.39. The molecule has 1 aliphatic carbocycles. The van der Waals surface area contributed by atoms with E-state index in [1.807, 2.05) is 6.92 Å². The molecule has 96 valence electrons. The number of rotatable bonds is 4. The molecule has 0 N–H and O–H groups in total. The molecule has 0 aromatic rings. The van der Waals surface area contributed by atoms with Crippen LogP contribution in [0, 0.1) is 5.41 Å². The Bertz CT molecular complexity index is 323. The van der Waals surface area contributed by atoms with Gasteiger partial charge in [-0.1, -0.05) is 6.42 Å². The van der Waals surface area contributed by atoms with E-state index < -0.39 is 0 Å². The molecule has 1 saturated carbocycles. The van der Waals surface area contributed by atoms with Crippen molar-refractivity contribution in [1.82, 2.24) is 9.80 Å².